The van der Waals surface area contributed by atoms with Crippen molar-refractivity contribution in [3.05, 3.63) is 52.2 Å². The van der Waals surface area contributed by atoms with Crippen LogP contribution in [-0.4, -0.2) is 19.6 Å². The highest BCUT2D eigenvalue weighted by Crippen LogP contribution is 2.11. The van der Waals surface area contributed by atoms with E-state index in [4.69, 9.17) is 4.74 Å². The molecule has 100 valence electrons. The second-order valence-electron chi connectivity index (χ2n) is 4.20. The van der Waals surface area contributed by atoms with Gasteiger partial charge in [-0.1, -0.05) is 18.2 Å². The Bertz CT molecular complexity index is 505. The third-order valence-electron chi connectivity index (χ3n) is 2.80. The molecule has 0 fully saturated rings. The molecule has 1 amide bonds. The number of carbonyl (C=O) groups is 1. The van der Waals surface area contributed by atoms with Crippen LogP contribution in [0.2, 0.25) is 0 Å². The van der Waals surface area contributed by atoms with Gasteiger partial charge in [0.25, 0.3) is 0 Å². The number of rotatable bonds is 6. The highest BCUT2D eigenvalue weighted by molar-refractivity contribution is 7.09. The molecule has 0 spiro atoms. The van der Waals surface area contributed by atoms with E-state index in [2.05, 4.69) is 16.8 Å². The van der Waals surface area contributed by atoms with Crippen molar-refractivity contribution in [3.8, 4) is 5.75 Å². The van der Waals surface area contributed by atoms with Crippen LogP contribution < -0.4 is 10.1 Å². The van der Waals surface area contributed by atoms with Gasteiger partial charge < -0.3 is 10.1 Å². The minimum atomic E-state index is 0.0572. The Hall–Kier alpha value is -1.81. The zero-order valence-corrected chi connectivity index (χ0v) is 11.7. The fourth-order valence-electron chi connectivity index (χ4n) is 1.77. The molecule has 4 heteroatoms. The topological polar surface area (TPSA) is 38.3 Å². The van der Waals surface area contributed by atoms with E-state index in [1.165, 1.54) is 4.88 Å². The van der Waals surface area contributed by atoms with Gasteiger partial charge in [0.15, 0.2) is 0 Å². The maximum absolute atomic E-state index is 11.8. The summed E-state index contributed by atoms with van der Waals surface area (Å²) in [5, 5.41) is 4.98. The fourth-order valence-corrected chi connectivity index (χ4v) is 2.48. The first kappa shape index (κ1) is 13.6. The highest BCUT2D eigenvalue weighted by atomic mass is 32.1. The van der Waals surface area contributed by atoms with Gasteiger partial charge in [-0.3, -0.25) is 4.79 Å². The predicted molar refractivity (Wildman–Crippen MR) is 77.7 cm³/mol. The molecule has 0 aliphatic heterocycles. The zero-order chi connectivity index (χ0) is 13.5. The van der Waals surface area contributed by atoms with Crippen LogP contribution in [0.5, 0.6) is 5.75 Å². The van der Waals surface area contributed by atoms with Crippen molar-refractivity contribution < 1.29 is 9.53 Å². The molecule has 2 aromatic rings. The molecule has 0 radical (unpaired) electrons. The summed E-state index contributed by atoms with van der Waals surface area (Å²) in [6, 6.07) is 11.7. The SMILES string of the molecule is COc1ccc(CC(=O)NCCc2cccs2)cc1. The summed E-state index contributed by atoms with van der Waals surface area (Å²) in [6.07, 6.45) is 1.31. The van der Waals surface area contributed by atoms with E-state index in [1.807, 2.05) is 30.3 Å². The Morgan fingerprint density at radius 2 is 2.05 bits per heavy atom. The van der Waals surface area contributed by atoms with E-state index in [0.717, 1.165) is 17.7 Å². The number of methoxy groups -OCH3 is 1. The van der Waals surface area contributed by atoms with E-state index in [0.29, 0.717) is 13.0 Å². The Morgan fingerprint density at radius 3 is 2.68 bits per heavy atom. The summed E-state index contributed by atoms with van der Waals surface area (Å²) in [5.41, 5.74) is 0.995. The van der Waals surface area contributed by atoms with Gasteiger partial charge in [0, 0.05) is 11.4 Å². The van der Waals surface area contributed by atoms with Gasteiger partial charge in [0.2, 0.25) is 5.91 Å². The third kappa shape index (κ3) is 4.41. The molecule has 0 saturated heterocycles. The zero-order valence-electron chi connectivity index (χ0n) is 10.9. The summed E-state index contributed by atoms with van der Waals surface area (Å²) in [4.78, 5) is 13.1. The molecular weight excluding hydrogens is 258 g/mol. The molecule has 0 unspecified atom stereocenters. The first-order chi connectivity index (χ1) is 9.28. The van der Waals surface area contributed by atoms with Gasteiger partial charge in [-0.25, -0.2) is 0 Å². The monoisotopic (exact) mass is 275 g/mol. The fraction of sp³-hybridized carbons (Fsp3) is 0.267. The van der Waals surface area contributed by atoms with Crippen LogP contribution in [0.15, 0.2) is 41.8 Å². The Balaban J connectivity index is 1.74. The van der Waals surface area contributed by atoms with Crippen LogP contribution in [0.25, 0.3) is 0 Å². The van der Waals surface area contributed by atoms with Crippen LogP contribution in [0.4, 0.5) is 0 Å². The molecule has 2 rings (SSSR count). The van der Waals surface area contributed by atoms with Gasteiger partial charge in [-0.2, -0.15) is 0 Å². The molecule has 19 heavy (non-hydrogen) atoms. The van der Waals surface area contributed by atoms with Gasteiger partial charge in [0.1, 0.15) is 5.75 Å². The number of benzene rings is 1. The van der Waals surface area contributed by atoms with Crippen molar-refractivity contribution in [1.82, 2.24) is 5.32 Å². The third-order valence-corrected chi connectivity index (χ3v) is 3.73. The Labute approximate surface area is 117 Å². The maximum atomic E-state index is 11.8. The second-order valence-corrected chi connectivity index (χ2v) is 5.24. The maximum Gasteiger partial charge on any atom is 0.224 e. The largest absolute Gasteiger partial charge is 0.497 e. The van der Waals surface area contributed by atoms with E-state index < -0.39 is 0 Å². The van der Waals surface area contributed by atoms with Crippen LogP contribution in [0.3, 0.4) is 0 Å². The number of carbonyl (C=O) groups excluding carboxylic acids is 1. The lowest BCUT2D eigenvalue weighted by Gasteiger charge is -2.05. The van der Waals surface area contributed by atoms with Crippen LogP contribution in [-0.2, 0) is 17.6 Å². The molecule has 3 nitrogen and oxygen atoms in total. The van der Waals surface area contributed by atoms with E-state index >= 15 is 0 Å². The molecule has 0 atom stereocenters. The predicted octanol–water partition coefficient (Wildman–Crippen LogP) is 2.66. The van der Waals surface area contributed by atoms with E-state index in [1.54, 1.807) is 18.4 Å². The van der Waals surface area contributed by atoms with Crippen LogP contribution >= 0.6 is 11.3 Å². The van der Waals surface area contributed by atoms with Crippen molar-refractivity contribution in [2.75, 3.05) is 13.7 Å². The Kier molecular flexibility index (Phi) is 4.98. The first-order valence-electron chi connectivity index (χ1n) is 6.20. The van der Waals surface area contributed by atoms with Crippen molar-refractivity contribution in [1.29, 1.82) is 0 Å². The number of hydrogen-bond acceptors (Lipinski definition) is 3. The van der Waals surface area contributed by atoms with E-state index in [-0.39, 0.29) is 5.91 Å². The van der Waals surface area contributed by atoms with Crippen molar-refractivity contribution >= 4 is 17.2 Å². The molecule has 1 aromatic heterocycles. The van der Waals surface area contributed by atoms with Gasteiger partial charge >= 0.3 is 0 Å². The molecular formula is C15H17NO2S. The smallest absolute Gasteiger partial charge is 0.224 e. The summed E-state index contributed by atoms with van der Waals surface area (Å²) in [6.45, 7) is 0.690. The molecule has 0 saturated carbocycles. The number of hydrogen-bond donors (Lipinski definition) is 1. The van der Waals surface area contributed by atoms with Crippen LogP contribution in [0.1, 0.15) is 10.4 Å². The quantitative estimate of drug-likeness (QED) is 0.880. The van der Waals surface area contributed by atoms with Crippen LogP contribution in [0, 0.1) is 0 Å². The first-order valence-corrected chi connectivity index (χ1v) is 7.08. The summed E-state index contributed by atoms with van der Waals surface area (Å²) >= 11 is 1.72. The molecule has 0 bridgehead atoms. The minimum Gasteiger partial charge on any atom is -0.497 e. The standard InChI is InChI=1S/C15H17NO2S/c1-18-13-6-4-12(5-7-13)11-15(17)16-9-8-14-3-2-10-19-14/h2-7,10H,8-9,11H2,1H3,(H,16,17). The van der Waals surface area contributed by atoms with Gasteiger partial charge in [-0.05, 0) is 35.6 Å². The minimum absolute atomic E-state index is 0.0572. The lowest BCUT2D eigenvalue weighted by Crippen LogP contribution is -2.27. The average Bonchev–Trinajstić information content (AvgIpc) is 2.93. The lowest BCUT2D eigenvalue weighted by molar-refractivity contribution is -0.120. The second kappa shape index (κ2) is 6.95. The average molecular weight is 275 g/mol. The molecule has 1 N–H and O–H groups in total. The van der Waals surface area contributed by atoms with Gasteiger partial charge in [0.05, 0.1) is 13.5 Å². The highest BCUT2D eigenvalue weighted by Gasteiger charge is 2.03. The summed E-state index contributed by atoms with van der Waals surface area (Å²) in [5.74, 6) is 0.864. The van der Waals surface area contributed by atoms with Crippen molar-refractivity contribution in [2.24, 2.45) is 0 Å². The Morgan fingerprint density at radius 1 is 1.26 bits per heavy atom. The van der Waals surface area contributed by atoms with Crippen molar-refractivity contribution in [3.63, 3.8) is 0 Å². The summed E-state index contributed by atoms with van der Waals surface area (Å²) < 4.78 is 5.08. The number of nitrogens with one attached hydrogen (secondary N) is 1. The summed E-state index contributed by atoms with van der Waals surface area (Å²) in [7, 11) is 1.63. The van der Waals surface area contributed by atoms with Gasteiger partial charge in [-0.15, -0.1) is 11.3 Å². The molecule has 0 aliphatic rings. The normalized spacial score (nSPS) is 10.2. The number of thiophene rings is 1. The molecule has 1 aromatic carbocycles. The lowest BCUT2D eigenvalue weighted by atomic mass is 10.1. The molecule has 0 aliphatic carbocycles. The molecule has 1 heterocycles. The van der Waals surface area contributed by atoms with Crippen molar-refractivity contribution in [2.45, 2.75) is 12.8 Å². The number of ether oxygens (including phenoxy) is 1. The van der Waals surface area contributed by atoms with E-state index in [9.17, 15) is 4.79 Å². The number of amides is 1.